The zero-order valence-electron chi connectivity index (χ0n) is 10.1. The van der Waals surface area contributed by atoms with E-state index in [4.69, 9.17) is 0 Å². The number of hydrogen-bond acceptors (Lipinski definition) is 3. The van der Waals surface area contributed by atoms with Crippen molar-refractivity contribution in [2.75, 3.05) is 0 Å². The minimum absolute atomic E-state index is 0.110. The summed E-state index contributed by atoms with van der Waals surface area (Å²) >= 11 is 0. The molecule has 0 atom stereocenters. The van der Waals surface area contributed by atoms with Crippen molar-refractivity contribution in [2.24, 2.45) is 0 Å². The molecule has 0 aliphatic carbocycles. The molecular formula is C13H15N3O. The van der Waals surface area contributed by atoms with Crippen LogP contribution in [-0.2, 0) is 6.54 Å². The maximum absolute atomic E-state index is 12.3. The first-order chi connectivity index (χ1) is 8.24. The lowest BCUT2D eigenvalue weighted by atomic mass is 10.1. The summed E-state index contributed by atoms with van der Waals surface area (Å²) in [6, 6.07) is 3.71. The van der Waals surface area contributed by atoms with Gasteiger partial charge in [0.15, 0.2) is 5.82 Å². The van der Waals surface area contributed by atoms with Gasteiger partial charge in [-0.15, -0.1) is 0 Å². The first-order valence-corrected chi connectivity index (χ1v) is 5.71. The van der Waals surface area contributed by atoms with Crippen LogP contribution in [0.3, 0.4) is 0 Å². The van der Waals surface area contributed by atoms with Gasteiger partial charge in [-0.1, -0.05) is 13.0 Å². The van der Waals surface area contributed by atoms with Gasteiger partial charge in [-0.3, -0.25) is 9.78 Å². The molecule has 17 heavy (non-hydrogen) atoms. The van der Waals surface area contributed by atoms with Crippen molar-refractivity contribution < 1.29 is 4.79 Å². The molecule has 0 radical (unpaired) electrons. The third-order valence-corrected chi connectivity index (χ3v) is 2.61. The monoisotopic (exact) mass is 229 g/mol. The van der Waals surface area contributed by atoms with E-state index >= 15 is 0 Å². The Morgan fingerprint density at radius 1 is 1.35 bits per heavy atom. The fraction of sp³-hybridized carbons (Fsp3) is 0.308. The van der Waals surface area contributed by atoms with E-state index in [1.807, 2.05) is 29.8 Å². The van der Waals surface area contributed by atoms with Gasteiger partial charge in [0.2, 0.25) is 5.78 Å². The summed E-state index contributed by atoms with van der Waals surface area (Å²) in [4.78, 5) is 20.5. The van der Waals surface area contributed by atoms with Gasteiger partial charge in [-0.2, -0.15) is 0 Å². The molecule has 0 spiro atoms. The normalized spacial score (nSPS) is 10.5. The van der Waals surface area contributed by atoms with Crippen molar-refractivity contribution in [2.45, 2.75) is 26.8 Å². The lowest BCUT2D eigenvalue weighted by Gasteiger charge is -2.06. The SMILES string of the molecule is CCCn1ccnc1C(=O)c1ncccc1C. The second-order valence-corrected chi connectivity index (χ2v) is 3.94. The van der Waals surface area contributed by atoms with Crippen LogP contribution in [0.1, 0.15) is 35.2 Å². The number of ketones is 1. The van der Waals surface area contributed by atoms with Crippen LogP contribution in [0, 0.1) is 6.92 Å². The first kappa shape index (κ1) is 11.5. The maximum Gasteiger partial charge on any atom is 0.246 e. The third-order valence-electron chi connectivity index (χ3n) is 2.61. The Morgan fingerprint density at radius 2 is 2.18 bits per heavy atom. The Morgan fingerprint density at radius 3 is 2.88 bits per heavy atom. The minimum Gasteiger partial charge on any atom is -0.328 e. The summed E-state index contributed by atoms with van der Waals surface area (Å²) in [6.45, 7) is 4.75. The molecule has 4 heteroatoms. The molecule has 2 rings (SSSR count). The number of hydrogen-bond donors (Lipinski definition) is 0. The smallest absolute Gasteiger partial charge is 0.246 e. The number of nitrogens with zero attached hydrogens (tertiary/aromatic N) is 3. The summed E-state index contributed by atoms with van der Waals surface area (Å²) in [5, 5.41) is 0. The van der Waals surface area contributed by atoms with Crippen molar-refractivity contribution in [1.82, 2.24) is 14.5 Å². The molecule has 0 aromatic carbocycles. The molecule has 2 heterocycles. The van der Waals surface area contributed by atoms with Crippen LogP contribution >= 0.6 is 0 Å². The minimum atomic E-state index is -0.110. The summed E-state index contributed by atoms with van der Waals surface area (Å²) in [5.74, 6) is 0.357. The highest BCUT2D eigenvalue weighted by Gasteiger charge is 2.17. The predicted molar refractivity (Wildman–Crippen MR) is 64.9 cm³/mol. The predicted octanol–water partition coefficient (Wildman–Crippen LogP) is 2.23. The molecule has 0 aliphatic heterocycles. The number of carbonyl (C=O) groups is 1. The third kappa shape index (κ3) is 2.25. The van der Waals surface area contributed by atoms with Crippen LogP contribution in [0.25, 0.3) is 0 Å². The van der Waals surface area contributed by atoms with Crippen LogP contribution in [0.2, 0.25) is 0 Å². The Bertz CT molecular complexity index is 531. The average Bonchev–Trinajstić information content (AvgIpc) is 2.78. The molecule has 0 saturated carbocycles. The number of imidazole rings is 1. The highest BCUT2D eigenvalue weighted by molar-refractivity contribution is 6.06. The average molecular weight is 229 g/mol. The molecule has 4 nitrogen and oxygen atoms in total. The quantitative estimate of drug-likeness (QED) is 0.755. The number of aromatic nitrogens is 3. The zero-order valence-corrected chi connectivity index (χ0v) is 10.1. The molecule has 0 bridgehead atoms. The van der Waals surface area contributed by atoms with Crippen LogP contribution in [0.5, 0.6) is 0 Å². The maximum atomic E-state index is 12.3. The van der Waals surface area contributed by atoms with E-state index in [1.165, 1.54) is 0 Å². The lowest BCUT2D eigenvalue weighted by Crippen LogP contribution is -2.13. The Balaban J connectivity index is 2.37. The van der Waals surface area contributed by atoms with E-state index in [0.717, 1.165) is 18.5 Å². The van der Waals surface area contributed by atoms with Gasteiger partial charge in [0.1, 0.15) is 5.69 Å². The van der Waals surface area contributed by atoms with Crippen LogP contribution in [-0.4, -0.2) is 20.3 Å². The van der Waals surface area contributed by atoms with Gasteiger partial charge in [0.25, 0.3) is 0 Å². The molecule has 0 N–H and O–H groups in total. The fourth-order valence-corrected chi connectivity index (χ4v) is 1.77. The highest BCUT2D eigenvalue weighted by Crippen LogP contribution is 2.10. The van der Waals surface area contributed by atoms with Gasteiger partial charge in [-0.05, 0) is 25.0 Å². The Labute approximate surface area is 100 Å². The van der Waals surface area contributed by atoms with Crippen molar-refractivity contribution in [3.8, 4) is 0 Å². The highest BCUT2D eigenvalue weighted by atomic mass is 16.1. The fourth-order valence-electron chi connectivity index (χ4n) is 1.77. The Kier molecular flexibility index (Phi) is 3.32. The number of aryl methyl sites for hydroxylation is 2. The Hall–Kier alpha value is -1.97. The van der Waals surface area contributed by atoms with E-state index < -0.39 is 0 Å². The molecule has 0 aliphatic rings. The lowest BCUT2D eigenvalue weighted by molar-refractivity contribution is 0.102. The molecule has 0 unspecified atom stereocenters. The van der Waals surface area contributed by atoms with Crippen molar-refractivity contribution in [1.29, 1.82) is 0 Å². The van der Waals surface area contributed by atoms with E-state index in [1.54, 1.807) is 12.4 Å². The van der Waals surface area contributed by atoms with Crippen molar-refractivity contribution in [3.63, 3.8) is 0 Å². The molecule has 2 aromatic rings. The summed E-state index contributed by atoms with van der Waals surface area (Å²) in [7, 11) is 0. The van der Waals surface area contributed by atoms with Crippen LogP contribution in [0.4, 0.5) is 0 Å². The summed E-state index contributed by atoms with van der Waals surface area (Å²) < 4.78 is 1.87. The van der Waals surface area contributed by atoms with Gasteiger partial charge in [0.05, 0.1) is 0 Å². The summed E-state index contributed by atoms with van der Waals surface area (Å²) in [6.07, 6.45) is 6.08. The van der Waals surface area contributed by atoms with Crippen LogP contribution in [0.15, 0.2) is 30.7 Å². The number of rotatable bonds is 4. The molecule has 2 aromatic heterocycles. The second kappa shape index (κ2) is 4.91. The van der Waals surface area contributed by atoms with Gasteiger partial charge in [-0.25, -0.2) is 4.98 Å². The van der Waals surface area contributed by atoms with Gasteiger partial charge in [0, 0.05) is 25.1 Å². The van der Waals surface area contributed by atoms with E-state index in [2.05, 4.69) is 16.9 Å². The van der Waals surface area contributed by atoms with E-state index in [9.17, 15) is 4.79 Å². The summed E-state index contributed by atoms with van der Waals surface area (Å²) in [5.41, 5.74) is 1.36. The largest absolute Gasteiger partial charge is 0.328 e. The molecule has 0 amide bonds. The van der Waals surface area contributed by atoms with Gasteiger partial charge < -0.3 is 4.57 Å². The van der Waals surface area contributed by atoms with Gasteiger partial charge >= 0.3 is 0 Å². The number of carbonyl (C=O) groups excluding carboxylic acids is 1. The van der Waals surface area contributed by atoms with Crippen molar-refractivity contribution >= 4 is 5.78 Å². The molecule has 0 fully saturated rings. The van der Waals surface area contributed by atoms with Crippen molar-refractivity contribution in [3.05, 3.63) is 47.8 Å². The van der Waals surface area contributed by atoms with Crippen LogP contribution < -0.4 is 0 Å². The van der Waals surface area contributed by atoms with E-state index in [-0.39, 0.29) is 5.78 Å². The molecule has 0 saturated heterocycles. The first-order valence-electron chi connectivity index (χ1n) is 5.71. The van der Waals surface area contributed by atoms with E-state index in [0.29, 0.717) is 11.5 Å². The molecular weight excluding hydrogens is 214 g/mol. The second-order valence-electron chi connectivity index (χ2n) is 3.94. The zero-order chi connectivity index (χ0) is 12.3. The molecule has 88 valence electrons. The topological polar surface area (TPSA) is 47.8 Å². The standard InChI is InChI=1S/C13H15N3O/c1-3-8-16-9-7-15-13(16)12(17)11-10(2)5-4-6-14-11/h4-7,9H,3,8H2,1-2H3. The number of pyridine rings is 1.